The predicted octanol–water partition coefficient (Wildman–Crippen LogP) is 2.35. The SMILES string of the molecule is C#Cc1c(C)c(=O)n(Cc2ccn[nH]2)c2nc(Nc3ccc(N4CCN(C)CC4)cc3)ncc12. The molecule has 1 aliphatic heterocycles. The van der Waals surface area contributed by atoms with Gasteiger partial charge in [0.25, 0.3) is 5.56 Å². The van der Waals surface area contributed by atoms with Crippen molar-refractivity contribution < 1.29 is 0 Å². The number of hydrogen-bond acceptors (Lipinski definition) is 7. The number of terminal acetylenes is 1. The highest BCUT2D eigenvalue weighted by molar-refractivity contribution is 5.84. The molecule has 1 fully saturated rings. The van der Waals surface area contributed by atoms with Gasteiger partial charge in [-0.1, -0.05) is 5.92 Å². The van der Waals surface area contributed by atoms with Crippen molar-refractivity contribution in [3.8, 4) is 12.3 Å². The monoisotopic (exact) mass is 454 g/mol. The van der Waals surface area contributed by atoms with Gasteiger partial charge >= 0.3 is 0 Å². The highest BCUT2D eigenvalue weighted by atomic mass is 16.1. The lowest BCUT2D eigenvalue weighted by atomic mass is 10.1. The van der Waals surface area contributed by atoms with Crippen molar-refractivity contribution in [2.45, 2.75) is 13.5 Å². The van der Waals surface area contributed by atoms with Crippen LogP contribution in [0.4, 0.5) is 17.3 Å². The molecule has 0 amide bonds. The van der Waals surface area contributed by atoms with Crippen LogP contribution in [0.5, 0.6) is 0 Å². The fourth-order valence-electron chi connectivity index (χ4n) is 4.25. The summed E-state index contributed by atoms with van der Waals surface area (Å²) in [5.74, 6) is 3.03. The highest BCUT2D eigenvalue weighted by Gasteiger charge is 2.17. The van der Waals surface area contributed by atoms with Crippen LogP contribution in [0.1, 0.15) is 16.8 Å². The molecule has 2 N–H and O–H groups in total. The summed E-state index contributed by atoms with van der Waals surface area (Å²) < 4.78 is 1.60. The van der Waals surface area contributed by atoms with E-state index >= 15 is 0 Å². The molecule has 0 spiro atoms. The van der Waals surface area contributed by atoms with Gasteiger partial charge in [0.05, 0.1) is 17.6 Å². The van der Waals surface area contributed by atoms with Gasteiger partial charge in [0.1, 0.15) is 5.65 Å². The number of benzene rings is 1. The summed E-state index contributed by atoms with van der Waals surface area (Å²) in [6.45, 7) is 6.18. The molecule has 9 nitrogen and oxygen atoms in total. The second kappa shape index (κ2) is 9.00. The normalized spacial score (nSPS) is 14.3. The molecule has 0 radical (unpaired) electrons. The first-order valence-electron chi connectivity index (χ1n) is 11.2. The second-order valence-corrected chi connectivity index (χ2v) is 8.51. The summed E-state index contributed by atoms with van der Waals surface area (Å²) in [6.07, 6.45) is 9.05. The van der Waals surface area contributed by atoms with Crippen molar-refractivity contribution in [3.05, 3.63) is 69.9 Å². The van der Waals surface area contributed by atoms with Gasteiger partial charge in [-0.3, -0.25) is 14.5 Å². The Balaban J connectivity index is 1.47. The quantitative estimate of drug-likeness (QED) is 0.447. The predicted molar refractivity (Wildman–Crippen MR) is 134 cm³/mol. The van der Waals surface area contributed by atoms with Gasteiger partial charge in [0, 0.05) is 61.1 Å². The molecule has 3 aromatic heterocycles. The third-order valence-corrected chi connectivity index (χ3v) is 6.26. The van der Waals surface area contributed by atoms with Crippen molar-refractivity contribution in [3.63, 3.8) is 0 Å². The molecule has 0 atom stereocenters. The Morgan fingerprint density at radius 3 is 2.59 bits per heavy atom. The number of likely N-dealkylation sites (N-methyl/N-ethyl adjacent to an activating group) is 1. The molecular weight excluding hydrogens is 428 g/mol. The summed E-state index contributed by atoms with van der Waals surface area (Å²) in [4.78, 5) is 27.0. The Labute approximate surface area is 197 Å². The first-order valence-corrected chi connectivity index (χ1v) is 11.2. The number of H-pyrrole nitrogens is 1. The van der Waals surface area contributed by atoms with Crippen LogP contribution in [0.3, 0.4) is 0 Å². The standard InChI is InChI=1S/C25H26N8O/c1-4-21-17(2)24(34)33(16-19-9-10-27-30-19)23-22(21)15-26-25(29-23)28-18-5-7-20(8-6-18)32-13-11-31(3)12-14-32/h1,5-10,15H,11-14,16H2,2-3H3,(H,27,30)(H,26,28,29). The molecule has 1 aliphatic rings. The van der Waals surface area contributed by atoms with Gasteiger partial charge in [-0.25, -0.2) is 4.98 Å². The number of nitrogens with zero attached hydrogens (tertiary/aromatic N) is 6. The number of aromatic amines is 1. The van der Waals surface area contributed by atoms with Gasteiger partial charge in [-0.15, -0.1) is 6.42 Å². The van der Waals surface area contributed by atoms with E-state index in [-0.39, 0.29) is 5.56 Å². The minimum Gasteiger partial charge on any atom is -0.369 e. The number of nitrogens with one attached hydrogen (secondary N) is 2. The molecule has 1 aromatic carbocycles. The van der Waals surface area contributed by atoms with Gasteiger partial charge in [-0.2, -0.15) is 10.1 Å². The molecule has 0 unspecified atom stereocenters. The van der Waals surface area contributed by atoms with Crippen molar-refractivity contribution >= 4 is 28.4 Å². The van der Waals surface area contributed by atoms with Crippen LogP contribution in [0.15, 0.2) is 47.5 Å². The number of anilines is 3. The van der Waals surface area contributed by atoms with E-state index < -0.39 is 0 Å². The summed E-state index contributed by atoms with van der Waals surface area (Å²) in [7, 11) is 2.15. The molecule has 0 aliphatic carbocycles. The van der Waals surface area contributed by atoms with Crippen molar-refractivity contribution in [1.82, 2.24) is 29.6 Å². The molecule has 0 bridgehead atoms. The smallest absolute Gasteiger partial charge is 0.256 e. The maximum Gasteiger partial charge on any atom is 0.256 e. The Morgan fingerprint density at radius 1 is 1.15 bits per heavy atom. The molecule has 0 saturated carbocycles. The fourth-order valence-corrected chi connectivity index (χ4v) is 4.25. The first kappa shape index (κ1) is 21.7. The van der Waals surface area contributed by atoms with E-state index in [1.54, 1.807) is 23.9 Å². The van der Waals surface area contributed by atoms with Crippen LogP contribution in [-0.2, 0) is 6.54 Å². The van der Waals surface area contributed by atoms with Gasteiger partial charge in [0.15, 0.2) is 0 Å². The number of hydrogen-bond donors (Lipinski definition) is 2. The van der Waals surface area contributed by atoms with Gasteiger partial charge in [-0.05, 0) is 44.3 Å². The van der Waals surface area contributed by atoms with Gasteiger partial charge < -0.3 is 15.1 Å². The van der Waals surface area contributed by atoms with Crippen molar-refractivity contribution in [1.29, 1.82) is 0 Å². The molecule has 1 saturated heterocycles. The van der Waals surface area contributed by atoms with E-state index in [9.17, 15) is 4.79 Å². The van der Waals surface area contributed by atoms with Crippen LogP contribution < -0.4 is 15.8 Å². The zero-order valence-corrected chi connectivity index (χ0v) is 19.2. The summed E-state index contributed by atoms with van der Waals surface area (Å²) in [6, 6.07) is 10.1. The van der Waals surface area contributed by atoms with Crippen LogP contribution >= 0.6 is 0 Å². The van der Waals surface area contributed by atoms with E-state index in [1.807, 2.05) is 18.2 Å². The molecule has 5 rings (SSSR count). The van der Waals surface area contributed by atoms with E-state index in [0.717, 1.165) is 37.6 Å². The number of piperazine rings is 1. The second-order valence-electron chi connectivity index (χ2n) is 8.51. The lowest BCUT2D eigenvalue weighted by molar-refractivity contribution is 0.313. The molecule has 4 heterocycles. The highest BCUT2D eigenvalue weighted by Crippen LogP contribution is 2.23. The summed E-state index contributed by atoms with van der Waals surface area (Å²) in [5.41, 5.74) is 4.16. The van der Waals surface area contributed by atoms with Crippen LogP contribution in [0.2, 0.25) is 0 Å². The number of fused-ring (bicyclic) bond motifs is 1. The average molecular weight is 455 g/mol. The van der Waals surface area contributed by atoms with E-state index in [0.29, 0.717) is 34.7 Å². The largest absolute Gasteiger partial charge is 0.369 e. The topological polar surface area (TPSA) is 95.0 Å². The maximum atomic E-state index is 13.1. The minimum atomic E-state index is -0.184. The minimum absolute atomic E-state index is 0.184. The van der Waals surface area contributed by atoms with Crippen LogP contribution in [-0.4, -0.2) is 62.9 Å². The zero-order valence-electron chi connectivity index (χ0n) is 19.2. The Bertz CT molecular complexity index is 1410. The van der Waals surface area contributed by atoms with Crippen LogP contribution in [0.25, 0.3) is 11.0 Å². The fraction of sp³-hybridized carbons (Fsp3) is 0.280. The van der Waals surface area contributed by atoms with Crippen LogP contribution in [0, 0.1) is 19.3 Å². The lowest BCUT2D eigenvalue weighted by Gasteiger charge is -2.34. The van der Waals surface area contributed by atoms with E-state index in [2.05, 4.69) is 60.4 Å². The molecular formula is C25H26N8O. The molecule has 34 heavy (non-hydrogen) atoms. The van der Waals surface area contributed by atoms with E-state index in [4.69, 9.17) is 6.42 Å². The third kappa shape index (κ3) is 4.11. The summed E-state index contributed by atoms with van der Waals surface area (Å²) in [5, 5.41) is 10.8. The van der Waals surface area contributed by atoms with Gasteiger partial charge in [0.2, 0.25) is 5.95 Å². The molecule has 4 aromatic rings. The zero-order chi connectivity index (χ0) is 23.7. The molecule has 9 heteroatoms. The average Bonchev–Trinajstić information content (AvgIpc) is 3.37. The van der Waals surface area contributed by atoms with Crippen molar-refractivity contribution in [2.24, 2.45) is 0 Å². The maximum absolute atomic E-state index is 13.1. The van der Waals surface area contributed by atoms with E-state index in [1.165, 1.54) is 5.69 Å². The first-order chi connectivity index (χ1) is 16.5. The van der Waals surface area contributed by atoms with Crippen molar-refractivity contribution in [2.75, 3.05) is 43.4 Å². The third-order valence-electron chi connectivity index (χ3n) is 6.26. The number of rotatable bonds is 5. The number of pyridine rings is 1. The summed E-state index contributed by atoms with van der Waals surface area (Å²) >= 11 is 0. The molecule has 172 valence electrons. The Kier molecular flexibility index (Phi) is 5.74. The lowest BCUT2D eigenvalue weighted by Crippen LogP contribution is -2.44. The number of aromatic nitrogens is 5. The Morgan fingerprint density at radius 2 is 1.91 bits per heavy atom. The Hall–Kier alpha value is -4.16.